The van der Waals surface area contributed by atoms with Gasteiger partial charge < -0.3 is 4.42 Å². The largest absolute Gasteiger partial charge is 0.455 e. The average Bonchev–Trinajstić information content (AvgIpc) is 3.47. The molecule has 2 heterocycles. The second-order valence-electron chi connectivity index (χ2n) is 11.1. The zero-order valence-corrected chi connectivity index (χ0v) is 23.3. The minimum absolute atomic E-state index is 0.895. The van der Waals surface area contributed by atoms with Crippen LogP contribution in [0.4, 0.5) is 0 Å². The molecule has 0 aliphatic heterocycles. The summed E-state index contributed by atoms with van der Waals surface area (Å²) in [5.41, 5.74) is 8.50. The fourth-order valence-electron chi connectivity index (χ4n) is 6.77. The predicted molar refractivity (Wildman–Crippen MR) is 180 cm³/mol. The second-order valence-corrected chi connectivity index (χ2v) is 11.1. The van der Waals surface area contributed by atoms with Crippen molar-refractivity contribution in [1.29, 1.82) is 0 Å². The van der Waals surface area contributed by atoms with Gasteiger partial charge >= 0.3 is 0 Å². The third-order valence-electron chi connectivity index (χ3n) is 8.71. The summed E-state index contributed by atoms with van der Waals surface area (Å²) in [7, 11) is 0. The monoisotopic (exact) mass is 547 g/mol. The van der Waals surface area contributed by atoms with Gasteiger partial charge in [-0.15, -0.1) is 0 Å². The van der Waals surface area contributed by atoms with Crippen LogP contribution in [0, 0.1) is 0 Å². The standard InChI is InChI=1S/C41H25NO/c1-2-12-27(13-3-1)38-31-15-6-8-17-33(31)39(34-18-9-7-16-32(34)38)37-24-22-28(25-42-37)30-19-10-20-35-36-23-21-26-11-4-5-14-29(26)40(36)43-41(30)35/h1-25H. The lowest BCUT2D eigenvalue weighted by molar-refractivity contribution is 0.673. The lowest BCUT2D eigenvalue weighted by atomic mass is 9.87. The summed E-state index contributed by atoms with van der Waals surface area (Å²) in [6.45, 7) is 0. The summed E-state index contributed by atoms with van der Waals surface area (Å²) in [5.74, 6) is 0. The molecule has 0 unspecified atom stereocenters. The van der Waals surface area contributed by atoms with E-state index >= 15 is 0 Å². The maximum atomic E-state index is 6.61. The third-order valence-corrected chi connectivity index (χ3v) is 8.71. The number of fused-ring (bicyclic) bond motifs is 7. The lowest BCUT2D eigenvalue weighted by Crippen LogP contribution is -1.92. The van der Waals surface area contributed by atoms with Crippen LogP contribution in [0.3, 0.4) is 0 Å². The van der Waals surface area contributed by atoms with Gasteiger partial charge in [0.25, 0.3) is 0 Å². The Hall–Kier alpha value is -5.73. The highest BCUT2D eigenvalue weighted by molar-refractivity contribution is 6.21. The molecule has 0 saturated heterocycles. The zero-order valence-electron chi connectivity index (χ0n) is 23.3. The van der Waals surface area contributed by atoms with E-state index in [1.807, 2.05) is 6.20 Å². The molecule has 200 valence electrons. The maximum Gasteiger partial charge on any atom is 0.143 e. The molecule has 2 aromatic heterocycles. The molecule has 0 saturated carbocycles. The molecular weight excluding hydrogens is 522 g/mol. The van der Waals surface area contributed by atoms with Gasteiger partial charge in [0.1, 0.15) is 11.2 Å². The first-order chi connectivity index (χ1) is 21.3. The van der Waals surface area contributed by atoms with Gasteiger partial charge in [-0.05, 0) is 50.2 Å². The Morgan fingerprint density at radius 2 is 0.977 bits per heavy atom. The van der Waals surface area contributed by atoms with Gasteiger partial charge in [0.15, 0.2) is 0 Å². The maximum absolute atomic E-state index is 6.61. The van der Waals surface area contributed by atoms with E-state index in [0.717, 1.165) is 49.7 Å². The van der Waals surface area contributed by atoms with E-state index in [9.17, 15) is 0 Å². The third kappa shape index (κ3) is 3.63. The van der Waals surface area contributed by atoms with E-state index < -0.39 is 0 Å². The van der Waals surface area contributed by atoms with Crippen LogP contribution in [-0.4, -0.2) is 4.98 Å². The molecular formula is C41H25NO. The van der Waals surface area contributed by atoms with Crippen LogP contribution in [0.15, 0.2) is 156 Å². The van der Waals surface area contributed by atoms with Crippen LogP contribution < -0.4 is 0 Å². The van der Waals surface area contributed by atoms with Crippen LogP contribution >= 0.6 is 0 Å². The number of hydrogen-bond donors (Lipinski definition) is 0. The number of benzene rings is 7. The molecule has 9 aromatic rings. The van der Waals surface area contributed by atoms with Crippen LogP contribution in [0.1, 0.15) is 0 Å². The molecule has 0 atom stereocenters. The van der Waals surface area contributed by atoms with Crippen molar-refractivity contribution >= 4 is 54.3 Å². The second kappa shape index (κ2) is 9.40. The summed E-state index contributed by atoms with van der Waals surface area (Å²) < 4.78 is 6.61. The highest BCUT2D eigenvalue weighted by atomic mass is 16.3. The molecule has 0 radical (unpaired) electrons. The van der Waals surface area contributed by atoms with Crippen molar-refractivity contribution in [2.45, 2.75) is 0 Å². The number of furan rings is 1. The van der Waals surface area contributed by atoms with Crippen LogP contribution in [-0.2, 0) is 0 Å². The molecule has 0 fully saturated rings. The first-order valence-electron chi connectivity index (χ1n) is 14.6. The number of rotatable bonds is 3. The average molecular weight is 548 g/mol. The van der Waals surface area contributed by atoms with Crippen molar-refractivity contribution in [2.24, 2.45) is 0 Å². The van der Waals surface area contributed by atoms with Gasteiger partial charge in [0.2, 0.25) is 0 Å². The Morgan fingerprint density at radius 1 is 0.372 bits per heavy atom. The Balaban J connectivity index is 1.24. The highest BCUT2D eigenvalue weighted by Crippen LogP contribution is 2.44. The summed E-state index contributed by atoms with van der Waals surface area (Å²) in [6.07, 6.45) is 1.99. The Labute approximate surface area is 248 Å². The molecule has 0 spiro atoms. The molecule has 0 bridgehead atoms. The number of hydrogen-bond acceptors (Lipinski definition) is 2. The Kier molecular flexibility index (Phi) is 5.23. The van der Waals surface area contributed by atoms with Crippen molar-refractivity contribution in [3.8, 4) is 33.5 Å². The minimum Gasteiger partial charge on any atom is -0.455 e. The smallest absolute Gasteiger partial charge is 0.143 e. The van der Waals surface area contributed by atoms with Crippen LogP contribution in [0.2, 0.25) is 0 Å². The number of pyridine rings is 1. The molecule has 0 N–H and O–H groups in total. The molecule has 7 aromatic carbocycles. The SMILES string of the molecule is c1ccc(-c2c3ccccc3c(-c3ccc(-c4cccc5c4oc4c6ccccc6ccc54)cn3)c3ccccc23)cc1. The Bertz CT molecular complexity index is 2430. The topological polar surface area (TPSA) is 26.0 Å². The van der Waals surface area contributed by atoms with Gasteiger partial charge in [-0.3, -0.25) is 4.98 Å². The lowest BCUT2D eigenvalue weighted by Gasteiger charge is -2.17. The van der Waals surface area contributed by atoms with Crippen molar-refractivity contribution in [3.63, 3.8) is 0 Å². The molecule has 2 nitrogen and oxygen atoms in total. The van der Waals surface area contributed by atoms with Gasteiger partial charge in [0.05, 0.1) is 5.69 Å². The zero-order chi connectivity index (χ0) is 28.3. The highest BCUT2D eigenvalue weighted by Gasteiger charge is 2.18. The first-order valence-corrected chi connectivity index (χ1v) is 14.6. The van der Waals surface area contributed by atoms with Gasteiger partial charge in [-0.25, -0.2) is 0 Å². The Morgan fingerprint density at radius 3 is 1.67 bits per heavy atom. The van der Waals surface area contributed by atoms with Gasteiger partial charge in [-0.1, -0.05) is 133 Å². The molecule has 43 heavy (non-hydrogen) atoms. The summed E-state index contributed by atoms with van der Waals surface area (Å²) in [5, 5.41) is 9.43. The van der Waals surface area contributed by atoms with Crippen molar-refractivity contribution in [1.82, 2.24) is 4.98 Å². The van der Waals surface area contributed by atoms with E-state index in [2.05, 4.69) is 146 Å². The first kappa shape index (κ1) is 23.9. The van der Waals surface area contributed by atoms with Crippen LogP contribution in [0.25, 0.3) is 87.8 Å². The van der Waals surface area contributed by atoms with Crippen molar-refractivity contribution < 1.29 is 4.42 Å². The number of nitrogens with zero attached hydrogens (tertiary/aromatic N) is 1. The fourth-order valence-corrected chi connectivity index (χ4v) is 6.77. The molecule has 0 aliphatic rings. The number of para-hydroxylation sites is 1. The fraction of sp³-hybridized carbons (Fsp3) is 0. The molecule has 0 aliphatic carbocycles. The van der Waals surface area contributed by atoms with Gasteiger partial charge in [-0.2, -0.15) is 0 Å². The summed E-state index contributed by atoms with van der Waals surface area (Å²) in [4.78, 5) is 5.10. The van der Waals surface area contributed by atoms with E-state index in [1.54, 1.807) is 0 Å². The van der Waals surface area contributed by atoms with E-state index in [1.165, 1.54) is 38.1 Å². The molecule has 0 amide bonds. The molecule has 2 heteroatoms. The van der Waals surface area contributed by atoms with E-state index in [4.69, 9.17) is 9.40 Å². The van der Waals surface area contributed by atoms with Gasteiger partial charge in [0, 0.05) is 39.0 Å². The van der Waals surface area contributed by atoms with Crippen molar-refractivity contribution in [3.05, 3.63) is 152 Å². The summed E-state index contributed by atoms with van der Waals surface area (Å²) in [6, 6.07) is 51.5. The molecule has 9 rings (SSSR count). The normalized spacial score (nSPS) is 11.7. The minimum atomic E-state index is 0.895. The summed E-state index contributed by atoms with van der Waals surface area (Å²) >= 11 is 0. The predicted octanol–water partition coefficient (Wildman–Crippen LogP) is 11.4. The van der Waals surface area contributed by atoms with E-state index in [-0.39, 0.29) is 0 Å². The number of aromatic nitrogens is 1. The van der Waals surface area contributed by atoms with Crippen molar-refractivity contribution in [2.75, 3.05) is 0 Å². The van der Waals surface area contributed by atoms with E-state index in [0.29, 0.717) is 0 Å². The van der Waals surface area contributed by atoms with Crippen LogP contribution in [0.5, 0.6) is 0 Å². The quantitative estimate of drug-likeness (QED) is 0.206.